The Morgan fingerprint density at radius 2 is 2.04 bits per heavy atom. The molecule has 0 aliphatic carbocycles. The van der Waals surface area contributed by atoms with E-state index in [9.17, 15) is 4.79 Å². The largest absolute Gasteiger partial charge is 0.487 e. The van der Waals surface area contributed by atoms with E-state index in [-0.39, 0.29) is 5.91 Å². The van der Waals surface area contributed by atoms with Crippen molar-refractivity contribution in [2.24, 2.45) is 0 Å². The summed E-state index contributed by atoms with van der Waals surface area (Å²) in [5, 5.41) is 7.63. The van der Waals surface area contributed by atoms with E-state index in [1.54, 1.807) is 18.3 Å². The summed E-state index contributed by atoms with van der Waals surface area (Å²) in [5.74, 6) is 0.535. The lowest BCUT2D eigenvalue weighted by Gasteiger charge is -2.10. The zero-order valence-electron chi connectivity index (χ0n) is 14.3. The molecular weight excluding hydrogens is 350 g/mol. The SMILES string of the molecule is O=C(NCCCn1cccn1)c1cccc(COc2ccccc2Cl)c1. The second-order valence-corrected chi connectivity index (χ2v) is 6.21. The molecule has 3 aromatic rings. The van der Waals surface area contributed by atoms with E-state index in [1.807, 2.05) is 53.3 Å². The van der Waals surface area contributed by atoms with E-state index in [0.29, 0.717) is 29.5 Å². The van der Waals surface area contributed by atoms with Crippen LogP contribution in [0.3, 0.4) is 0 Å². The molecule has 0 atom stereocenters. The van der Waals surface area contributed by atoms with Crippen LogP contribution in [0.1, 0.15) is 22.3 Å². The molecule has 0 radical (unpaired) electrons. The van der Waals surface area contributed by atoms with Gasteiger partial charge in [0.25, 0.3) is 5.91 Å². The fourth-order valence-corrected chi connectivity index (χ4v) is 2.69. The third-order valence-electron chi connectivity index (χ3n) is 3.83. The summed E-state index contributed by atoms with van der Waals surface area (Å²) < 4.78 is 7.57. The number of nitrogens with zero attached hydrogens (tertiary/aromatic N) is 2. The van der Waals surface area contributed by atoms with Crippen LogP contribution >= 0.6 is 11.6 Å². The Hall–Kier alpha value is -2.79. The van der Waals surface area contributed by atoms with Crippen LogP contribution in [-0.4, -0.2) is 22.2 Å². The summed E-state index contributed by atoms with van der Waals surface area (Å²) in [4.78, 5) is 12.3. The molecule has 0 saturated heterocycles. The van der Waals surface area contributed by atoms with Crippen molar-refractivity contribution in [3.05, 3.63) is 83.1 Å². The zero-order valence-corrected chi connectivity index (χ0v) is 15.0. The number of rotatable bonds is 8. The van der Waals surface area contributed by atoms with Gasteiger partial charge in [0, 0.05) is 31.0 Å². The predicted molar refractivity (Wildman–Crippen MR) is 101 cm³/mol. The Kier molecular flexibility index (Phi) is 6.28. The number of aryl methyl sites for hydroxylation is 1. The van der Waals surface area contributed by atoms with Gasteiger partial charge in [-0.1, -0.05) is 35.9 Å². The highest BCUT2D eigenvalue weighted by Crippen LogP contribution is 2.24. The van der Waals surface area contributed by atoms with Crippen LogP contribution in [-0.2, 0) is 13.2 Å². The Bertz CT molecular complexity index is 850. The van der Waals surface area contributed by atoms with Gasteiger partial charge in [-0.3, -0.25) is 9.48 Å². The number of aromatic nitrogens is 2. The Balaban J connectivity index is 1.49. The van der Waals surface area contributed by atoms with Gasteiger partial charge in [0.05, 0.1) is 5.02 Å². The van der Waals surface area contributed by atoms with Crippen LogP contribution in [0.4, 0.5) is 0 Å². The predicted octanol–water partition coefficient (Wildman–Crippen LogP) is 3.94. The summed E-state index contributed by atoms with van der Waals surface area (Å²) in [5.41, 5.74) is 1.53. The summed E-state index contributed by atoms with van der Waals surface area (Å²) in [6.07, 6.45) is 4.47. The van der Waals surface area contributed by atoms with Crippen LogP contribution in [0.2, 0.25) is 5.02 Å². The van der Waals surface area contributed by atoms with Gasteiger partial charge in [0.2, 0.25) is 0 Å². The van der Waals surface area contributed by atoms with Crippen molar-refractivity contribution in [3.8, 4) is 5.75 Å². The van der Waals surface area contributed by atoms with E-state index in [0.717, 1.165) is 18.5 Å². The molecule has 1 N–H and O–H groups in total. The summed E-state index contributed by atoms with van der Waals surface area (Å²) >= 11 is 6.08. The van der Waals surface area contributed by atoms with Crippen LogP contribution in [0.5, 0.6) is 5.75 Å². The molecule has 1 heterocycles. The normalized spacial score (nSPS) is 10.5. The van der Waals surface area contributed by atoms with E-state index >= 15 is 0 Å². The molecule has 0 bridgehead atoms. The van der Waals surface area contributed by atoms with Gasteiger partial charge in [-0.15, -0.1) is 0 Å². The first-order valence-electron chi connectivity index (χ1n) is 8.44. The van der Waals surface area contributed by atoms with Crippen LogP contribution in [0.15, 0.2) is 67.0 Å². The smallest absolute Gasteiger partial charge is 0.251 e. The third kappa shape index (κ3) is 5.10. The number of hydrogen-bond donors (Lipinski definition) is 1. The third-order valence-corrected chi connectivity index (χ3v) is 4.14. The van der Waals surface area contributed by atoms with Gasteiger partial charge in [0.1, 0.15) is 12.4 Å². The van der Waals surface area contributed by atoms with Crippen molar-refractivity contribution < 1.29 is 9.53 Å². The number of halogens is 1. The number of hydrogen-bond acceptors (Lipinski definition) is 3. The van der Waals surface area contributed by atoms with Gasteiger partial charge in [0.15, 0.2) is 0 Å². The Labute approximate surface area is 157 Å². The summed E-state index contributed by atoms with van der Waals surface area (Å²) in [6.45, 7) is 1.72. The Morgan fingerprint density at radius 1 is 1.15 bits per heavy atom. The number of ether oxygens (including phenoxy) is 1. The minimum atomic E-state index is -0.0925. The van der Waals surface area contributed by atoms with Crippen LogP contribution in [0.25, 0.3) is 0 Å². The van der Waals surface area contributed by atoms with Crippen molar-refractivity contribution in [2.45, 2.75) is 19.6 Å². The van der Waals surface area contributed by atoms with E-state index in [4.69, 9.17) is 16.3 Å². The first kappa shape index (κ1) is 18.0. The highest BCUT2D eigenvalue weighted by molar-refractivity contribution is 6.32. The molecular formula is C20H20ClN3O2. The quantitative estimate of drug-likeness (QED) is 0.612. The summed E-state index contributed by atoms with van der Waals surface area (Å²) in [7, 11) is 0. The van der Waals surface area contributed by atoms with Crippen molar-refractivity contribution in [3.63, 3.8) is 0 Å². The highest BCUT2D eigenvalue weighted by atomic mass is 35.5. The molecule has 6 heteroatoms. The molecule has 134 valence electrons. The van der Waals surface area contributed by atoms with Gasteiger partial charge >= 0.3 is 0 Å². The summed E-state index contributed by atoms with van der Waals surface area (Å²) in [6, 6.07) is 16.6. The van der Waals surface area contributed by atoms with Crippen LogP contribution < -0.4 is 10.1 Å². The fraction of sp³-hybridized carbons (Fsp3) is 0.200. The average Bonchev–Trinajstić information content (AvgIpc) is 3.18. The molecule has 1 aromatic heterocycles. The highest BCUT2D eigenvalue weighted by Gasteiger charge is 2.07. The average molecular weight is 370 g/mol. The van der Waals surface area contributed by atoms with E-state index in [2.05, 4.69) is 10.4 Å². The second kappa shape index (κ2) is 9.06. The molecule has 0 fully saturated rings. The minimum absolute atomic E-state index is 0.0925. The Morgan fingerprint density at radius 3 is 2.85 bits per heavy atom. The molecule has 0 spiro atoms. The van der Waals surface area contributed by atoms with Gasteiger partial charge < -0.3 is 10.1 Å². The molecule has 0 aliphatic heterocycles. The first-order chi connectivity index (χ1) is 12.7. The van der Waals surface area contributed by atoms with Crippen molar-refractivity contribution in [1.29, 1.82) is 0 Å². The maximum absolute atomic E-state index is 12.3. The van der Waals surface area contributed by atoms with Crippen molar-refractivity contribution in [1.82, 2.24) is 15.1 Å². The number of carbonyl (C=O) groups is 1. The molecule has 5 nitrogen and oxygen atoms in total. The number of benzene rings is 2. The zero-order chi connectivity index (χ0) is 18.2. The van der Waals surface area contributed by atoms with Crippen molar-refractivity contribution >= 4 is 17.5 Å². The number of amides is 1. The van der Waals surface area contributed by atoms with Crippen molar-refractivity contribution in [2.75, 3.05) is 6.54 Å². The van der Waals surface area contributed by atoms with Gasteiger partial charge in [-0.25, -0.2) is 0 Å². The number of para-hydroxylation sites is 1. The molecule has 2 aromatic carbocycles. The lowest BCUT2D eigenvalue weighted by Crippen LogP contribution is -2.25. The second-order valence-electron chi connectivity index (χ2n) is 5.80. The molecule has 0 saturated carbocycles. The lowest BCUT2D eigenvalue weighted by atomic mass is 10.1. The minimum Gasteiger partial charge on any atom is -0.487 e. The van der Waals surface area contributed by atoms with E-state index < -0.39 is 0 Å². The lowest BCUT2D eigenvalue weighted by molar-refractivity contribution is 0.0952. The van der Waals surface area contributed by atoms with Gasteiger partial charge in [-0.05, 0) is 42.3 Å². The topological polar surface area (TPSA) is 56.2 Å². The molecule has 26 heavy (non-hydrogen) atoms. The molecule has 0 unspecified atom stereocenters. The molecule has 0 aliphatic rings. The molecule has 1 amide bonds. The monoisotopic (exact) mass is 369 g/mol. The fourth-order valence-electron chi connectivity index (χ4n) is 2.50. The van der Waals surface area contributed by atoms with Gasteiger partial charge in [-0.2, -0.15) is 5.10 Å². The maximum Gasteiger partial charge on any atom is 0.251 e. The van der Waals surface area contributed by atoms with Crippen LogP contribution in [0, 0.1) is 0 Å². The first-order valence-corrected chi connectivity index (χ1v) is 8.82. The number of carbonyl (C=O) groups excluding carboxylic acids is 1. The standard InChI is InChI=1S/C20H20ClN3O2/c21-18-8-1-2-9-19(18)26-15-16-6-3-7-17(14-16)20(25)22-10-4-12-24-13-5-11-23-24/h1-3,5-9,11,13-14H,4,10,12,15H2,(H,22,25). The number of nitrogens with one attached hydrogen (secondary N) is 1. The maximum atomic E-state index is 12.3. The van der Waals surface area contributed by atoms with E-state index in [1.165, 1.54) is 0 Å². The molecule has 3 rings (SSSR count).